The number of H-pyrrole nitrogens is 1. The number of anilines is 1. The minimum Gasteiger partial charge on any atom is -0.323 e. The molecule has 4 nitrogen and oxygen atoms in total. The van der Waals surface area contributed by atoms with Crippen molar-refractivity contribution in [1.29, 1.82) is 0 Å². The molecule has 17 heavy (non-hydrogen) atoms. The molecule has 0 fully saturated rings. The van der Waals surface area contributed by atoms with E-state index < -0.39 is 0 Å². The summed E-state index contributed by atoms with van der Waals surface area (Å²) in [5.74, 6) is -0.457. The Morgan fingerprint density at radius 2 is 2.12 bits per heavy atom. The van der Waals surface area contributed by atoms with Crippen LogP contribution in [0.3, 0.4) is 0 Å². The van der Waals surface area contributed by atoms with Crippen molar-refractivity contribution in [1.82, 2.24) is 10.2 Å². The van der Waals surface area contributed by atoms with Gasteiger partial charge in [-0.05, 0) is 24.6 Å². The van der Waals surface area contributed by atoms with Crippen LogP contribution in [0.2, 0.25) is 0 Å². The highest BCUT2D eigenvalue weighted by Crippen LogP contribution is 2.10. The topological polar surface area (TPSA) is 57.8 Å². The SMILES string of the molecule is Cc1[nH]ncc1NC(=O)Cc1ccc(F)cc1. The molecule has 5 heteroatoms. The third-order valence-electron chi connectivity index (χ3n) is 2.38. The van der Waals surface area contributed by atoms with Crippen LogP contribution in [-0.2, 0) is 11.2 Å². The molecule has 88 valence electrons. The minimum atomic E-state index is -0.306. The average molecular weight is 233 g/mol. The molecule has 0 aliphatic rings. The van der Waals surface area contributed by atoms with Gasteiger partial charge in [-0.15, -0.1) is 0 Å². The Bertz CT molecular complexity index is 519. The number of hydrogen-bond acceptors (Lipinski definition) is 2. The number of rotatable bonds is 3. The molecule has 0 saturated carbocycles. The lowest BCUT2D eigenvalue weighted by Gasteiger charge is -2.03. The van der Waals surface area contributed by atoms with E-state index in [1.165, 1.54) is 12.1 Å². The van der Waals surface area contributed by atoms with Gasteiger partial charge in [0, 0.05) is 0 Å². The fourth-order valence-corrected chi connectivity index (χ4v) is 1.46. The van der Waals surface area contributed by atoms with Gasteiger partial charge in [-0.1, -0.05) is 12.1 Å². The fourth-order valence-electron chi connectivity index (χ4n) is 1.46. The highest BCUT2D eigenvalue weighted by atomic mass is 19.1. The number of hydrogen-bond donors (Lipinski definition) is 2. The van der Waals surface area contributed by atoms with Crippen LogP contribution < -0.4 is 5.32 Å². The summed E-state index contributed by atoms with van der Waals surface area (Å²) in [7, 11) is 0. The van der Waals surface area contributed by atoms with Crippen molar-refractivity contribution >= 4 is 11.6 Å². The van der Waals surface area contributed by atoms with Crippen molar-refractivity contribution in [3.8, 4) is 0 Å². The van der Waals surface area contributed by atoms with Gasteiger partial charge in [0.25, 0.3) is 0 Å². The van der Waals surface area contributed by atoms with Gasteiger partial charge in [-0.25, -0.2) is 4.39 Å². The smallest absolute Gasteiger partial charge is 0.228 e. The Hall–Kier alpha value is -2.17. The van der Waals surface area contributed by atoms with Crippen molar-refractivity contribution < 1.29 is 9.18 Å². The molecule has 1 aromatic heterocycles. The minimum absolute atomic E-state index is 0.152. The molecular formula is C12H12FN3O. The van der Waals surface area contributed by atoms with Gasteiger partial charge in [-0.3, -0.25) is 9.89 Å². The molecule has 0 saturated heterocycles. The van der Waals surface area contributed by atoms with Crippen LogP contribution >= 0.6 is 0 Å². The quantitative estimate of drug-likeness (QED) is 0.852. The van der Waals surface area contributed by atoms with Gasteiger partial charge in [0.2, 0.25) is 5.91 Å². The summed E-state index contributed by atoms with van der Waals surface area (Å²) in [5.41, 5.74) is 2.24. The zero-order chi connectivity index (χ0) is 12.3. The number of amides is 1. The lowest BCUT2D eigenvalue weighted by Crippen LogP contribution is -2.14. The number of benzene rings is 1. The van der Waals surface area contributed by atoms with Crippen molar-refractivity contribution in [3.63, 3.8) is 0 Å². The van der Waals surface area contributed by atoms with E-state index in [1.54, 1.807) is 18.3 Å². The zero-order valence-corrected chi connectivity index (χ0v) is 9.33. The first kappa shape index (κ1) is 11.3. The van der Waals surface area contributed by atoms with Crippen LogP contribution in [0.25, 0.3) is 0 Å². The highest BCUT2D eigenvalue weighted by Gasteiger charge is 2.07. The zero-order valence-electron chi connectivity index (χ0n) is 9.33. The summed E-state index contributed by atoms with van der Waals surface area (Å²) in [4.78, 5) is 11.7. The number of halogens is 1. The molecule has 0 aliphatic heterocycles. The molecule has 1 amide bonds. The maximum atomic E-state index is 12.7. The average Bonchev–Trinajstić information content (AvgIpc) is 2.68. The third-order valence-corrected chi connectivity index (χ3v) is 2.38. The van der Waals surface area contributed by atoms with Gasteiger partial charge < -0.3 is 5.32 Å². The van der Waals surface area contributed by atoms with Crippen LogP contribution in [0.15, 0.2) is 30.5 Å². The van der Waals surface area contributed by atoms with Gasteiger partial charge in [0.15, 0.2) is 0 Å². The summed E-state index contributed by atoms with van der Waals surface area (Å²) >= 11 is 0. The predicted octanol–water partition coefficient (Wildman–Crippen LogP) is 2.04. The van der Waals surface area contributed by atoms with Gasteiger partial charge in [0.05, 0.1) is 24.0 Å². The van der Waals surface area contributed by atoms with Crippen LogP contribution in [0.4, 0.5) is 10.1 Å². The first-order chi connectivity index (χ1) is 8.15. The molecule has 2 N–H and O–H groups in total. The number of aromatic amines is 1. The molecule has 1 heterocycles. The summed E-state index contributed by atoms with van der Waals surface area (Å²) in [6.07, 6.45) is 1.77. The lowest BCUT2D eigenvalue weighted by molar-refractivity contribution is -0.115. The van der Waals surface area contributed by atoms with Gasteiger partial charge in [0.1, 0.15) is 5.82 Å². The molecule has 2 rings (SSSR count). The first-order valence-corrected chi connectivity index (χ1v) is 5.19. The van der Waals surface area contributed by atoms with Crippen molar-refractivity contribution in [2.45, 2.75) is 13.3 Å². The van der Waals surface area contributed by atoms with Crippen LogP contribution in [-0.4, -0.2) is 16.1 Å². The third kappa shape index (κ3) is 2.90. The number of carbonyl (C=O) groups is 1. The van der Waals surface area contributed by atoms with Gasteiger partial charge in [-0.2, -0.15) is 5.10 Å². The summed E-state index contributed by atoms with van der Waals surface area (Å²) < 4.78 is 12.7. The maximum Gasteiger partial charge on any atom is 0.228 e. The van der Waals surface area contributed by atoms with Crippen LogP contribution in [0, 0.1) is 12.7 Å². The Morgan fingerprint density at radius 3 is 2.71 bits per heavy atom. The summed E-state index contributed by atoms with van der Waals surface area (Å²) in [6.45, 7) is 1.82. The standard InChI is InChI=1S/C12H12FN3O/c1-8-11(7-14-16-8)15-12(17)6-9-2-4-10(13)5-3-9/h2-5,7H,6H2,1H3,(H,14,16)(H,15,17). The van der Waals surface area contributed by atoms with E-state index in [2.05, 4.69) is 15.5 Å². The summed E-state index contributed by atoms with van der Waals surface area (Å²) in [6, 6.07) is 5.87. The number of aryl methyl sites for hydroxylation is 1. The number of carbonyl (C=O) groups excluding carboxylic acids is 1. The lowest BCUT2D eigenvalue weighted by atomic mass is 10.1. The second-order valence-electron chi connectivity index (χ2n) is 3.76. The van der Waals surface area contributed by atoms with E-state index in [0.717, 1.165) is 11.3 Å². The van der Waals surface area contributed by atoms with E-state index in [-0.39, 0.29) is 18.1 Å². The van der Waals surface area contributed by atoms with E-state index >= 15 is 0 Å². The Kier molecular flexibility index (Phi) is 3.18. The summed E-state index contributed by atoms with van der Waals surface area (Å²) in [5, 5.41) is 9.26. The number of aromatic nitrogens is 2. The largest absolute Gasteiger partial charge is 0.323 e. The van der Waals surface area contributed by atoms with Crippen LogP contribution in [0.5, 0.6) is 0 Å². The molecule has 0 aliphatic carbocycles. The highest BCUT2D eigenvalue weighted by molar-refractivity contribution is 5.92. The second-order valence-corrected chi connectivity index (χ2v) is 3.76. The van der Waals surface area contributed by atoms with E-state index in [1.807, 2.05) is 6.92 Å². The molecule has 0 spiro atoms. The molecule has 0 atom stereocenters. The molecular weight excluding hydrogens is 221 g/mol. The first-order valence-electron chi connectivity index (χ1n) is 5.19. The monoisotopic (exact) mass is 233 g/mol. The maximum absolute atomic E-state index is 12.7. The van der Waals surface area contributed by atoms with Crippen molar-refractivity contribution in [3.05, 3.63) is 47.5 Å². The molecule has 2 aromatic rings. The van der Waals surface area contributed by atoms with E-state index in [4.69, 9.17) is 0 Å². The van der Waals surface area contributed by atoms with Crippen LogP contribution in [0.1, 0.15) is 11.3 Å². The molecule has 1 aromatic carbocycles. The second kappa shape index (κ2) is 4.78. The van der Waals surface area contributed by atoms with Crippen molar-refractivity contribution in [2.75, 3.05) is 5.32 Å². The van der Waals surface area contributed by atoms with E-state index in [9.17, 15) is 9.18 Å². The Morgan fingerprint density at radius 1 is 1.41 bits per heavy atom. The van der Waals surface area contributed by atoms with Gasteiger partial charge >= 0.3 is 0 Å². The molecule has 0 radical (unpaired) electrons. The predicted molar refractivity (Wildman–Crippen MR) is 62.1 cm³/mol. The number of nitrogens with one attached hydrogen (secondary N) is 2. The van der Waals surface area contributed by atoms with Crippen molar-refractivity contribution in [2.24, 2.45) is 0 Å². The molecule has 0 unspecified atom stereocenters. The Balaban J connectivity index is 1.98. The van der Waals surface area contributed by atoms with E-state index in [0.29, 0.717) is 5.69 Å². The molecule has 0 bridgehead atoms. The Labute approximate surface area is 97.9 Å². The number of nitrogens with zero attached hydrogens (tertiary/aromatic N) is 1. The normalized spacial score (nSPS) is 10.2. The fraction of sp³-hybridized carbons (Fsp3) is 0.167.